The van der Waals surface area contributed by atoms with Crippen LogP contribution in [-0.2, 0) is 27.5 Å². The average molecular weight is 429 g/mol. The number of aliphatic carboxylic acids is 1. The van der Waals surface area contributed by atoms with Crippen LogP contribution in [0.2, 0.25) is 0 Å². The molecule has 168 valence electrons. The van der Waals surface area contributed by atoms with Gasteiger partial charge in [-0.05, 0) is 57.0 Å². The van der Waals surface area contributed by atoms with Gasteiger partial charge in [-0.3, -0.25) is 9.63 Å². The number of nitrogens with zero attached hydrogens (tertiary/aromatic N) is 1. The normalized spacial score (nSPS) is 12.2. The lowest BCUT2D eigenvalue weighted by atomic mass is 10.1. The first-order valence-corrected chi connectivity index (χ1v) is 10.4. The van der Waals surface area contributed by atoms with Gasteiger partial charge in [0.2, 0.25) is 6.41 Å². The Morgan fingerprint density at radius 2 is 1.77 bits per heavy atom. The minimum atomic E-state index is -1.13. The first-order valence-electron chi connectivity index (χ1n) is 10.4. The molecule has 0 fully saturated rings. The molecule has 0 spiro atoms. The van der Waals surface area contributed by atoms with Gasteiger partial charge in [0.25, 0.3) is 0 Å². The maximum Gasteiger partial charge on any atom is 0.329 e. The van der Waals surface area contributed by atoms with Gasteiger partial charge in [-0.25, -0.2) is 9.86 Å². The Hall–Kier alpha value is -2.90. The third-order valence-electron chi connectivity index (χ3n) is 4.52. The van der Waals surface area contributed by atoms with E-state index in [1.807, 2.05) is 42.5 Å². The zero-order valence-corrected chi connectivity index (χ0v) is 18.4. The zero-order valence-electron chi connectivity index (χ0n) is 18.4. The Balaban J connectivity index is 1.87. The van der Waals surface area contributed by atoms with Crippen LogP contribution in [0.4, 0.5) is 0 Å². The molecular formula is C24H32N2O5. The van der Waals surface area contributed by atoms with Gasteiger partial charge in [0.1, 0.15) is 12.4 Å². The predicted octanol–water partition coefficient (Wildman–Crippen LogP) is 3.43. The van der Waals surface area contributed by atoms with Crippen LogP contribution in [0.1, 0.15) is 38.3 Å². The van der Waals surface area contributed by atoms with E-state index in [0.717, 1.165) is 34.9 Å². The van der Waals surface area contributed by atoms with Crippen LogP contribution in [0.15, 0.2) is 54.6 Å². The highest BCUT2D eigenvalue weighted by molar-refractivity contribution is 5.76. The van der Waals surface area contributed by atoms with Crippen LogP contribution in [0.3, 0.4) is 0 Å². The highest BCUT2D eigenvalue weighted by atomic mass is 16.7. The summed E-state index contributed by atoms with van der Waals surface area (Å²) in [5.41, 5.74) is 1.70. The molecule has 0 heterocycles. The quantitative estimate of drug-likeness (QED) is 0.289. The van der Waals surface area contributed by atoms with Crippen molar-refractivity contribution < 1.29 is 24.3 Å². The van der Waals surface area contributed by atoms with Gasteiger partial charge in [0.05, 0.1) is 6.61 Å². The van der Waals surface area contributed by atoms with Crippen LogP contribution in [0.5, 0.6) is 5.75 Å². The van der Waals surface area contributed by atoms with Crippen LogP contribution >= 0.6 is 0 Å². The molecule has 0 aromatic heterocycles. The van der Waals surface area contributed by atoms with Crippen molar-refractivity contribution in [3.63, 3.8) is 0 Å². The number of benzene rings is 2. The first kappa shape index (κ1) is 24.4. The molecule has 2 rings (SSSR count). The van der Waals surface area contributed by atoms with E-state index in [-0.39, 0.29) is 18.6 Å². The van der Waals surface area contributed by atoms with Gasteiger partial charge >= 0.3 is 5.97 Å². The Morgan fingerprint density at radius 3 is 2.35 bits per heavy atom. The topological polar surface area (TPSA) is 88.1 Å². The van der Waals surface area contributed by atoms with Gasteiger partial charge in [-0.2, -0.15) is 0 Å². The number of carboxylic acid groups (broad SMARTS) is 1. The van der Waals surface area contributed by atoms with Gasteiger partial charge < -0.3 is 15.2 Å². The molecule has 0 saturated carbocycles. The molecule has 2 N–H and O–H groups in total. The van der Waals surface area contributed by atoms with Gasteiger partial charge in [0, 0.05) is 12.0 Å². The van der Waals surface area contributed by atoms with Crippen LogP contribution in [-0.4, -0.2) is 47.3 Å². The summed E-state index contributed by atoms with van der Waals surface area (Å²) in [6.45, 7) is 7.93. The number of hydroxylamine groups is 2. The Kier molecular flexibility index (Phi) is 9.49. The molecule has 0 aliphatic rings. The van der Waals surface area contributed by atoms with E-state index < -0.39 is 12.0 Å². The van der Waals surface area contributed by atoms with Crippen molar-refractivity contribution in [2.75, 3.05) is 13.2 Å². The van der Waals surface area contributed by atoms with E-state index in [0.29, 0.717) is 13.0 Å². The fourth-order valence-electron chi connectivity index (χ4n) is 2.87. The number of carbonyl (C=O) groups is 2. The average Bonchev–Trinajstić information content (AvgIpc) is 2.74. The molecule has 0 bridgehead atoms. The fourth-order valence-corrected chi connectivity index (χ4v) is 2.87. The molecule has 0 saturated heterocycles. The lowest BCUT2D eigenvalue weighted by Gasteiger charge is -2.24. The monoisotopic (exact) mass is 428 g/mol. The number of rotatable bonds is 13. The zero-order chi connectivity index (χ0) is 22.7. The maximum absolute atomic E-state index is 11.7. The van der Waals surface area contributed by atoms with Crippen molar-refractivity contribution in [1.82, 2.24) is 10.4 Å². The second kappa shape index (κ2) is 12.1. The third kappa shape index (κ3) is 9.19. The standard InChI is InChI=1S/C24H32N2O5/c1-24(2,3)25-14-7-15-30-21-12-10-19(11-13-21)16-22(23(28)29)26(18-27)31-17-20-8-5-4-6-9-20/h4-6,8-13,18,22,25H,7,14-17H2,1-3H3,(H,28,29). The molecule has 1 unspecified atom stereocenters. The molecule has 2 aromatic carbocycles. The Bertz CT molecular complexity index is 803. The highest BCUT2D eigenvalue weighted by Crippen LogP contribution is 2.16. The number of hydrogen-bond acceptors (Lipinski definition) is 5. The van der Waals surface area contributed by atoms with Crippen molar-refractivity contribution in [3.8, 4) is 5.75 Å². The lowest BCUT2D eigenvalue weighted by Crippen LogP contribution is -2.41. The highest BCUT2D eigenvalue weighted by Gasteiger charge is 2.26. The lowest BCUT2D eigenvalue weighted by molar-refractivity contribution is -0.200. The second-order valence-electron chi connectivity index (χ2n) is 8.31. The molecule has 1 atom stereocenters. The Labute approximate surface area is 183 Å². The third-order valence-corrected chi connectivity index (χ3v) is 4.52. The molecule has 2 aromatic rings. The van der Waals surface area contributed by atoms with Crippen LogP contribution in [0.25, 0.3) is 0 Å². The summed E-state index contributed by atoms with van der Waals surface area (Å²) < 4.78 is 5.74. The molecular weight excluding hydrogens is 396 g/mol. The van der Waals surface area contributed by atoms with Crippen LogP contribution < -0.4 is 10.1 Å². The minimum Gasteiger partial charge on any atom is -0.494 e. The van der Waals surface area contributed by atoms with Gasteiger partial charge in [-0.1, -0.05) is 42.5 Å². The van der Waals surface area contributed by atoms with Crippen molar-refractivity contribution in [3.05, 3.63) is 65.7 Å². The predicted molar refractivity (Wildman–Crippen MR) is 119 cm³/mol. The fraction of sp³-hybridized carbons (Fsp3) is 0.417. The van der Waals surface area contributed by atoms with E-state index in [1.54, 1.807) is 12.1 Å². The summed E-state index contributed by atoms with van der Waals surface area (Å²) in [4.78, 5) is 28.7. The molecule has 0 radical (unpaired) electrons. The molecule has 0 aliphatic carbocycles. The van der Waals surface area contributed by atoms with E-state index in [2.05, 4.69) is 26.1 Å². The summed E-state index contributed by atoms with van der Waals surface area (Å²) in [5.74, 6) is -0.411. The molecule has 1 amide bonds. The van der Waals surface area contributed by atoms with Gasteiger partial charge in [0.15, 0.2) is 6.04 Å². The summed E-state index contributed by atoms with van der Waals surface area (Å²) in [5, 5.41) is 13.9. The number of ether oxygens (including phenoxy) is 1. The van der Waals surface area contributed by atoms with E-state index in [1.165, 1.54) is 0 Å². The number of carboxylic acids is 1. The first-order chi connectivity index (χ1) is 14.8. The summed E-state index contributed by atoms with van der Waals surface area (Å²) in [7, 11) is 0. The van der Waals surface area contributed by atoms with Gasteiger partial charge in [-0.15, -0.1) is 0 Å². The van der Waals surface area contributed by atoms with Crippen molar-refractivity contribution in [1.29, 1.82) is 0 Å². The summed E-state index contributed by atoms with van der Waals surface area (Å²) in [6.07, 6.45) is 1.41. The number of amides is 1. The van der Waals surface area contributed by atoms with E-state index in [4.69, 9.17) is 9.57 Å². The number of carbonyl (C=O) groups excluding carboxylic acids is 1. The SMILES string of the molecule is CC(C)(C)NCCCOc1ccc(CC(C(=O)O)N(C=O)OCc2ccccc2)cc1. The molecule has 7 heteroatoms. The smallest absolute Gasteiger partial charge is 0.329 e. The van der Waals surface area contributed by atoms with E-state index in [9.17, 15) is 14.7 Å². The minimum absolute atomic E-state index is 0.0859. The largest absolute Gasteiger partial charge is 0.494 e. The van der Waals surface area contributed by atoms with Crippen molar-refractivity contribution in [2.24, 2.45) is 0 Å². The number of hydrogen-bond donors (Lipinski definition) is 2. The number of nitrogens with one attached hydrogen (secondary N) is 1. The van der Waals surface area contributed by atoms with Crippen LogP contribution in [0, 0.1) is 0 Å². The molecule has 0 aliphatic heterocycles. The van der Waals surface area contributed by atoms with Crippen molar-refractivity contribution in [2.45, 2.75) is 51.8 Å². The molecule has 31 heavy (non-hydrogen) atoms. The maximum atomic E-state index is 11.7. The second-order valence-corrected chi connectivity index (χ2v) is 8.31. The molecule has 7 nitrogen and oxygen atoms in total. The van der Waals surface area contributed by atoms with E-state index >= 15 is 0 Å². The summed E-state index contributed by atoms with van der Waals surface area (Å²) >= 11 is 0. The van der Waals surface area contributed by atoms with Crippen molar-refractivity contribution >= 4 is 12.4 Å². The summed E-state index contributed by atoms with van der Waals surface area (Å²) in [6, 6.07) is 15.4. The Morgan fingerprint density at radius 1 is 1.10 bits per heavy atom.